The Morgan fingerprint density at radius 3 is 2.41 bits per heavy atom. The van der Waals surface area contributed by atoms with Crippen molar-refractivity contribution in [3.63, 3.8) is 0 Å². The van der Waals surface area contributed by atoms with Gasteiger partial charge in [-0.3, -0.25) is 14.9 Å². The molecule has 0 unspecified atom stereocenters. The van der Waals surface area contributed by atoms with E-state index in [0.717, 1.165) is 15.4 Å². The summed E-state index contributed by atoms with van der Waals surface area (Å²) in [6, 6.07) is 19.6. The zero-order valence-electron chi connectivity index (χ0n) is 17.7. The predicted molar refractivity (Wildman–Crippen MR) is 122 cm³/mol. The maximum absolute atomic E-state index is 13.5. The Labute approximate surface area is 186 Å². The van der Waals surface area contributed by atoms with Gasteiger partial charge in [-0.2, -0.15) is 4.31 Å². The van der Waals surface area contributed by atoms with E-state index < -0.39 is 27.4 Å². The van der Waals surface area contributed by atoms with Gasteiger partial charge >= 0.3 is 0 Å². The monoisotopic (exact) mass is 453 g/mol. The molecule has 0 heterocycles. The van der Waals surface area contributed by atoms with Crippen molar-refractivity contribution in [3.8, 4) is 0 Å². The Kier molecular flexibility index (Phi) is 7.01. The third-order valence-corrected chi connectivity index (χ3v) is 6.76. The SMILES string of the molecule is Cc1ccc(C)c(S(=O)(=O)N(CC(=O)Nc2cccc([N+](=O)[O-])c2)Cc2ccccc2)c1. The van der Waals surface area contributed by atoms with E-state index in [4.69, 9.17) is 0 Å². The highest BCUT2D eigenvalue weighted by atomic mass is 32.2. The fraction of sp³-hybridized carbons (Fsp3) is 0.174. The van der Waals surface area contributed by atoms with Gasteiger partial charge in [0.2, 0.25) is 15.9 Å². The Bertz CT molecular complexity index is 1240. The van der Waals surface area contributed by atoms with Crippen molar-refractivity contribution in [2.75, 3.05) is 11.9 Å². The van der Waals surface area contributed by atoms with Crippen LogP contribution in [0.15, 0.2) is 77.7 Å². The number of sulfonamides is 1. The number of nitrogens with one attached hydrogen (secondary N) is 1. The van der Waals surface area contributed by atoms with Crippen molar-refractivity contribution < 1.29 is 18.1 Å². The van der Waals surface area contributed by atoms with Crippen molar-refractivity contribution in [2.45, 2.75) is 25.3 Å². The van der Waals surface area contributed by atoms with E-state index in [2.05, 4.69) is 5.32 Å². The molecule has 0 aliphatic rings. The molecule has 166 valence electrons. The van der Waals surface area contributed by atoms with Crippen LogP contribution in [-0.2, 0) is 21.4 Å². The van der Waals surface area contributed by atoms with Crippen LogP contribution in [-0.4, -0.2) is 30.1 Å². The lowest BCUT2D eigenvalue weighted by molar-refractivity contribution is -0.384. The summed E-state index contributed by atoms with van der Waals surface area (Å²) >= 11 is 0. The molecule has 3 aromatic rings. The summed E-state index contributed by atoms with van der Waals surface area (Å²) < 4.78 is 28.1. The van der Waals surface area contributed by atoms with E-state index in [0.29, 0.717) is 5.56 Å². The molecule has 0 fully saturated rings. The van der Waals surface area contributed by atoms with Crippen LogP contribution in [0.2, 0.25) is 0 Å². The Balaban J connectivity index is 1.91. The van der Waals surface area contributed by atoms with Gasteiger partial charge in [-0.05, 0) is 42.7 Å². The minimum atomic E-state index is -4.00. The zero-order valence-corrected chi connectivity index (χ0v) is 18.5. The van der Waals surface area contributed by atoms with Gasteiger partial charge in [-0.15, -0.1) is 0 Å². The van der Waals surface area contributed by atoms with Crippen LogP contribution in [0.1, 0.15) is 16.7 Å². The number of nitro benzene ring substituents is 1. The third kappa shape index (κ3) is 5.57. The molecule has 3 aromatic carbocycles. The molecule has 0 aromatic heterocycles. The van der Waals surface area contributed by atoms with Crippen LogP contribution < -0.4 is 5.32 Å². The Hall–Kier alpha value is -3.56. The minimum Gasteiger partial charge on any atom is -0.325 e. The van der Waals surface area contributed by atoms with Gasteiger partial charge in [0.25, 0.3) is 5.69 Å². The molecule has 0 aliphatic heterocycles. The number of non-ortho nitro benzene ring substituents is 1. The summed E-state index contributed by atoms with van der Waals surface area (Å²) in [5.41, 5.74) is 2.13. The molecule has 8 nitrogen and oxygen atoms in total. The molecule has 0 spiro atoms. The maximum Gasteiger partial charge on any atom is 0.271 e. The molecule has 0 atom stereocenters. The second kappa shape index (κ2) is 9.71. The number of anilines is 1. The molecule has 3 rings (SSSR count). The summed E-state index contributed by atoms with van der Waals surface area (Å²) in [5, 5.41) is 13.5. The molecular weight excluding hydrogens is 430 g/mol. The number of carbonyl (C=O) groups is 1. The molecule has 9 heteroatoms. The minimum absolute atomic E-state index is 0.00108. The smallest absolute Gasteiger partial charge is 0.271 e. The lowest BCUT2D eigenvalue weighted by atomic mass is 10.2. The van der Waals surface area contributed by atoms with E-state index in [-0.39, 0.29) is 22.8 Å². The predicted octanol–water partition coefficient (Wildman–Crippen LogP) is 4.04. The third-order valence-electron chi connectivity index (χ3n) is 4.82. The molecule has 0 radical (unpaired) electrons. The molecule has 1 amide bonds. The largest absolute Gasteiger partial charge is 0.325 e. The van der Waals surface area contributed by atoms with E-state index in [9.17, 15) is 23.3 Å². The number of rotatable bonds is 8. The lowest BCUT2D eigenvalue weighted by Crippen LogP contribution is -2.37. The summed E-state index contributed by atoms with van der Waals surface area (Å²) in [6.07, 6.45) is 0. The second-order valence-electron chi connectivity index (χ2n) is 7.38. The van der Waals surface area contributed by atoms with Crippen molar-refractivity contribution in [1.82, 2.24) is 4.31 Å². The maximum atomic E-state index is 13.5. The van der Waals surface area contributed by atoms with Crippen molar-refractivity contribution >= 4 is 27.3 Å². The molecule has 0 saturated carbocycles. The molecule has 0 saturated heterocycles. The highest BCUT2D eigenvalue weighted by Gasteiger charge is 2.28. The van der Waals surface area contributed by atoms with Crippen molar-refractivity contribution in [3.05, 3.63) is 99.6 Å². The molecule has 32 heavy (non-hydrogen) atoms. The van der Waals surface area contributed by atoms with E-state index in [1.54, 1.807) is 50.2 Å². The number of nitrogens with zero attached hydrogens (tertiary/aromatic N) is 2. The normalized spacial score (nSPS) is 11.3. The van der Waals surface area contributed by atoms with Crippen LogP contribution in [0, 0.1) is 24.0 Å². The van der Waals surface area contributed by atoms with Crippen molar-refractivity contribution in [1.29, 1.82) is 0 Å². The average Bonchev–Trinajstić information content (AvgIpc) is 2.75. The number of hydrogen-bond donors (Lipinski definition) is 1. The number of nitro groups is 1. The number of amides is 1. The first-order valence-corrected chi connectivity index (χ1v) is 11.3. The molecule has 0 bridgehead atoms. The van der Waals surface area contributed by atoms with Crippen LogP contribution in [0.25, 0.3) is 0 Å². The number of hydrogen-bond acceptors (Lipinski definition) is 5. The van der Waals surface area contributed by atoms with Gasteiger partial charge in [-0.1, -0.05) is 48.5 Å². The topological polar surface area (TPSA) is 110 Å². The van der Waals surface area contributed by atoms with Crippen molar-refractivity contribution in [2.24, 2.45) is 0 Å². The number of carbonyl (C=O) groups excluding carboxylic acids is 1. The first-order valence-electron chi connectivity index (χ1n) is 9.82. The highest BCUT2D eigenvalue weighted by molar-refractivity contribution is 7.89. The van der Waals surface area contributed by atoms with Gasteiger partial charge in [0.05, 0.1) is 16.4 Å². The molecule has 0 aliphatic carbocycles. The van der Waals surface area contributed by atoms with Gasteiger partial charge in [0.1, 0.15) is 0 Å². The zero-order chi connectivity index (χ0) is 23.3. The molecular formula is C23H23N3O5S. The fourth-order valence-electron chi connectivity index (χ4n) is 3.20. The first-order chi connectivity index (χ1) is 15.2. The lowest BCUT2D eigenvalue weighted by Gasteiger charge is -2.23. The van der Waals surface area contributed by atoms with Gasteiger partial charge in [0.15, 0.2) is 0 Å². The second-order valence-corrected chi connectivity index (χ2v) is 9.29. The van der Waals surface area contributed by atoms with Crippen LogP contribution >= 0.6 is 0 Å². The van der Waals surface area contributed by atoms with E-state index >= 15 is 0 Å². The summed E-state index contributed by atoms with van der Waals surface area (Å²) in [4.78, 5) is 23.3. The standard InChI is InChI=1S/C23H23N3O5S/c1-17-11-12-18(2)22(13-17)32(30,31)25(15-19-7-4-3-5-8-19)16-23(27)24-20-9-6-10-21(14-20)26(28)29/h3-14H,15-16H2,1-2H3,(H,24,27). The van der Waals surface area contributed by atoms with Crippen LogP contribution in [0.3, 0.4) is 0 Å². The first kappa shape index (κ1) is 23.1. The van der Waals surface area contributed by atoms with Gasteiger partial charge in [0, 0.05) is 24.4 Å². The highest BCUT2D eigenvalue weighted by Crippen LogP contribution is 2.23. The summed E-state index contributed by atoms with van der Waals surface area (Å²) in [6.45, 7) is 3.05. The average molecular weight is 454 g/mol. The van der Waals surface area contributed by atoms with Gasteiger partial charge < -0.3 is 5.32 Å². The number of aryl methyl sites for hydroxylation is 2. The molecule has 1 N–H and O–H groups in total. The number of benzene rings is 3. The Morgan fingerprint density at radius 1 is 1.00 bits per heavy atom. The van der Waals surface area contributed by atoms with Crippen LogP contribution in [0.5, 0.6) is 0 Å². The van der Waals surface area contributed by atoms with Crippen LogP contribution in [0.4, 0.5) is 11.4 Å². The van der Waals surface area contributed by atoms with E-state index in [1.807, 2.05) is 12.1 Å². The Morgan fingerprint density at radius 2 is 1.72 bits per heavy atom. The quantitative estimate of drug-likeness (QED) is 0.409. The summed E-state index contributed by atoms with van der Waals surface area (Å²) in [5.74, 6) is -0.602. The van der Waals surface area contributed by atoms with Gasteiger partial charge in [-0.25, -0.2) is 8.42 Å². The fourth-order valence-corrected chi connectivity index (χ4v) is 4.89. The van der Waals surface area contributed by atoms with E-state index in [1.165, 1.54) is 24.3 Å². The summed E-state index contributed by atoms with van der Waals surface area (Å²) in [7, 11) is -4.00.